The van der Waals surface area contributed by atoms with Crippen LogP contribution in [0.1, 0.15) is 38.8 Å². The van der Waals surface area contributed by atoms with Gasteiger partial charge in [-0.15, -0.1) is 0 Å². The lowest BCUT2D eigenvalue weighted by molar-refractivity contribution is -0.127. The van der Waals surface area contributed by atoms with E-state index in [4.69, 9.17) is 9.47 Å². The highest BCUT2D eigenvalue weighted by molar-refractivity contribution is 7.92. The van der Waals surface area contributed by atoms with Crippen molar-refractivity contribution in [3.63, 3.8) is 0 Å². The van der Waals surface area contributed by atoms with E-state index in [1.165, 1.54) is 9.87 Å². The van der Waals surface area contributed by atoms with E-state index in [2.05, 4.69) is 33.0 Å². The molecule has 2 aromatic carbocycles. The van der Waals surface area contributed by atoms with Crippen LogP contribution < -0.4 is 19.1 Å². The summed E-state index contributed by atoms with van der Waals surface area (Å²) in [5.74, 6) is 0.730. The van der Waals surface area contributed by atoms with Gasteiger partial charge in [0.25, 0.3) is 5.91 Å². The van der Waals surface area contributed by atoms with E-state index in [0.29, 0.717) is 18.0 Å². The summed E-state index contributed by atoms with van der Waals surface area (Å²) in [7, 11) is -3.59. The minimum absolute atomic E-state index is 0.0788. The number of carbonyl (C=O) groups excluding carboxylic acids is 1. The average molecular weight is 461 g/mol. The number of nitrogens with one attached hydrogen (secondary N) is 1. The van der Waals surface area contributed by atoms with Crippen molar-refractivity contribution in [3.05, 3.63) is 53.6 Å². The molecule has 7 nitrogen and oxygen atoms in total. The normalized spacial score (nSPS) is 16.2. The highest BCUT2D eigenvalue weighted by Crippen LogP contribution is 2.38. The van der Waals surface area contributed by atoms with E-state index < -0.39 is 16.1 Å². The zero-order chi connectivity index (χ0) is 23.5. The van der Waals surface area contributed by atoms with Gasteiger partial charge >= 0.3 is 0 Å². The maximum Gasteiger partial charge on any atom is 0.263 e. The van der Waals surface area contributed by atoms with Crippen LogP contribution in [0.5, 0.6) is 11.5 Å². The monoisotopic (exact) mass is 460 g/mol. The van der Waals surface area contributed by atoms with E-state index in [-0.39, 0.29) is 24.4 Å². The number of hydrogen-bond acceptors (Lipinski definition) is 5. The number of ether oxygens (including phenoxy) is 2. The van der Waals surface area contributed by atoms with Gasteiger partial charge in [0.2, 0.25) is 10.0 Å². The van der Waals surface area contributed by atoms with Gasteiger partial charge < -0.3 is 14.8 Å². The van der Waals surface area contributed by atoms with Crippen molar-refractivity contribution in [3.8, 4) is 11.5 Å². The third kappa shape index (κ3) is 5.73. The third-order valence-corrected chi connectivity index (χ3v) is 6.54. The molecular formula is C24H32N2O5S. The number of sulfonamides is 1. The molecule has 0 saturated heterocycles. The number of carbonyl (C=O) groups is 1. The number of anilines is 1. The molecule has 0 fully saturated rings. The van der Waals surface area contributed by atoms with Gasteiger partial charge in [0.15, 0.2) is 6.10 Å². The van der Waals surface area contributed by atoms with Crippen LogP contribution >= 0.6 is 0 Å². The Labute approximate surface area is 190 Å². The Balaban J connectivity index is 1.65. The predicted molar refractivity (Wildman–Crippen MR) is 126 cm³/mol. The van der Waals surface area contributed by atoms with E-state index >= 15 is 0 Å². The van der Waals surface area contributed by atoms with Crippen LogP contribution in [-0.2, 0) is 26.7 Å². The van der Waals surface area contributed by atoms with Crippen molar-refractivity contribution in [2.24, 2.45) is 0 Å². The number of nitrogens with zero attached hydrogens (tertiary/aromatic N) is 1. The van der Waals surface area contributed by atoms with Crippen molar-refractivity contribution in [2.75, 3.05) is 30.3 Å². The van der Waals surface area contributed by atoms with Crippen molar-refractivity contribution in [1.82, 2.24) is 5.32 Å². The summed E-state index contributed by atoms with van der Waals surface area (Å²) in [4.78, 5) is 12.7. The summed E-state index contributed by atoms with van der Waals surface area (Å²) in [5, 5.41) is 2.77. The molecule has 0 spiro atoms. The molecular weight excluding hydrogens is 428 g/mol. The van der Waals surface area contributed by atoms with Gasteiger partial charge in [0, 0.05) is 0 Å². The molecule has 1 atom stereocenters. The second kappa shape index (κ2) is 9.40. The van der Waals surface area contributed by atoms with Crippen molar-refractivity contribution in [1.29, 1.82) is 0 Å². The molecule has 0 aliphatic carbocycles. The van der Waals surface area contributed by atoms with Crippen LogP contribution in [0.15, 0.2) is 42.5 Å². The first-order valence-electron chi connectivity index (χ1n) is 10.8. The second-order valence-electron chi connectivity index (χ2n) is 8.97. The lowest BCUT2D eigenvalue weighted by Crippen LogP contribution is -2.51. The van der Waals surface area contributed by atoms with Crippen molar-refractivity contribution < 1.29 is 22.7 Å². The fourth-order valence-corrected chi connectivity index (χ4v) is 4.35. The molecule has 1 aliphatic heterocycles. The van der Waals surface area contributed by atoms with E-state index in [9.17, 15) is 13.2 Å². The van der Waals surface area contributed by atoms with E-state index in [1.807, 2.05) is 36.4 Å². The summed E-state index contributed by atoms with van der Waals surface area (Å²) in [6.07, 6.45) is 1.16. The largest absolute Gasteiger partial charge is 0.492 e. The molecule has 0 radical (unpaired) electrons. The lowest BCUT2D eigenvalue weighted by atomic mass is 9.86. The van der Waals surface area contributed by atoms with Gasteiger partial charge in [-0.05, 0) is 47.2 Å². The first-order chi connectivity index (χ1) is 15.0. The van der Waals surface area contributed by atoms with Crippen molar-refractivity contribution >= 4 is 21.6 Å². The SMILES string of the molecule is CCc1ccc(OCCNC(=O)[C@H]2CN(S(C)(=O)=O)c3cc(C(C)(C)C)ccc3O2)cc1. The van der Waals surface area contributed by atoms with Gasteiger partial charge in [0.1, 0.15) is 18.1 Å². The minimum Gasteiger partial charge on any atom is -0.492 e. The molecule has 1 amide bonds. The lowest BCUT2D eigenvalue weighted by Gasteiger charge is -2.35. The summed E-state index contributed by atoms with van der Waals surface area (Å²) in [5.41, 5.74) is 2.53. The minimum atomic E-state index is -3.59. The van der Waals surface area contributed by atoms with Gasteiger partial charge in [-0.25, -0.2) is 8.42 Å². The van der Waals surface area contributed by atoms with Gasteiger partial charge in [-0.2, -0.15) is 0 Å². The molecule has 8 heteroatoms. The maximum atomic E-state index is 12.7. The highest BCUT2D eigenvalue weighted by atomic mass is 32.2. The maximum absolute atomic E-state index is 12.7. The van der Waals surface area contributed by atoms with Gasteiger partial charge in [-0.1, -0.05) is 45.9 Å². The second-order valence-corrected chi connectivity index (χ2v) is 10.9. The summed E-state index contributed by atoms with van der Waals surface area (Å²) in [6, 6.07) is 13.3. The number of fused-ring (bicyclic) bond motifs is 1. The van der Waals surface area contributed by atoms with Crippen LogP contribution in [0.2, 0.25) is 0 Å². The molecule has 2 aromatic rings. The molecule has 0 unspecified atom stereocenters. The van der Waals surface area contributed by atoms with Crippen LogP contribution in [0.3, 0.4) is 0 Å². The van der Waals surface area contributed by atoms with Gasteiger partial charge in [0.05, 0.1) is 25.0 Å². The zero-order valence-corrected chi connectivity index (χ0v) is 20.2. The highest BCUT2D eigenvalue weighted by Gasteiger charge is 2.35. The quantitative estimate of drug-likeness (QED) is 0.641. The van der Waals surface area contributed by atoms with Crippen molar-refractivity contribution in [2.45, 2.75) is 45.6 Å². The summed E-state index contributed by atoms with van der Waals surface area (Å²) >= 11 is 0. The molecule has 32 heavy (non-hydrogen) atoms. The first-order valence-corrected chi connectivity index (χ1v) is 12.6. The fraction of sp³-hybridized carbons (Fsp3) is 0.458. The predicted octanol–water partition coefficient (Wildman–Crippen LogP) is 3.27. The number of hydrogen-bond donors (Lipinski definition) is 1. The zero-order valence-electron chi connectivity index (χ0n) is 19.3. The molecule has 1 aliphatic rings. The molecule has 174 valence electrons. The standard InChI is InChI=1S/C24H32N2O5S/c1-6-17-7-10-19(11-8-17)30-14-13-25-23(27)22-16-26(32(5,28)29)20-15-18(24(2,3)4)9-12-21(20)31-22/h7-12,15,22H,6,13-14,16H2,1-5H3,(H,25,27)/t22-/m1/s1. The van der Waals surface area contributed by atoms with E-state index in [0.717, 1.165) is 24.0 Å². The Morgan fingerprint density at radius 2 is 1.88 bits per heavy atom. The van der Waals surface area contributed by atoms with Crippen LogP contribution in [-0.4, -0.2) is 46.4 Å². The number of aryl methyl sites for hydroxylation is 1. The third-order valence-electron chi connectivity index (χ3n) is 5.39. The van der Waals surface area contributed by atoms with E-state index in [1.54, 1.807) is 6.07 Å². The molecule has 3 rings (SSSR count). The summed E-state index contributed by atoms with van der Waals surface area (Å²) < 4.78 is 37.7. The topological polar surface area (TPSA) is 84.9 Å². The average Bonchev–Trinajstić information content (AvgIpc) is 2.74. The van der Waals surface area contributed by atoms with Crippen LogP contribution in [0, 0.1) is 0 Å². The molecule has 1 heterocycles. The Kier molecular flexibility index (Phi) is 7.03. The molecule has 0 saturated carbocycles. The van der Waals surface area contributed by atoms with Gasteiger partial charge in [-0.3, -0.25) is 9.10 Å². The Morgan fingerprint density at radius 3 is 2.47 bits per heavy atom. The smallest absolute Gasteiger partial charge is 0.263 e. The molecule has 0 bridgehead atoms. The van der Waals surface area contributed by atoms with Crippen LogP contribution in [0.4, 0.5) is 5.69 Å². The Bertz CT molecular complexity index is 1060. The first kappa shape index (κ1) is 23.9. The Hall–Kier alpha value is -2.74. The molecule has 0 aromatic heterocycles. The van der Waals surface area contributed by atoms with Crippen LogP contribution in [0.25, 0.3) is 0 Å². The Morgan fingerprint density at radius 1 is 1.19 bits per heavy atom. The molecule has 1 N–H and O–H groups in total. The number of amides is 1. The fourth-order valence-electron chi connectivity index (χ4n) is 3.45. The summed E-state index contributed by atoms with van der Waals surface area (Å²) in [6.45, 7) is 8.75. The number of rotatable bonds is 7. The number of benzene rings is 2.